The molecule has 2 aliphatic rings. The van der Waals surface area contributed by atoms with Crippen molar-refractivity contribution >= 4 is 29.4 Å². The molecule has 11 heteroatoms. The van der Waals surface area contributed by atoms with Gasteiger partial charge in [0.05, 0.1) is 22.3 Å². The Labute approximate surface area is 232 Å². The first-order valence-electron chi connectivity index (χ1n) is 13.1. The van der Waals surface area contributed by atoms with Gasteiger partial charge < -0.3 is 24.6 Å². The predicted octanol–water partition coefficient (Wildman–Crippen LogP) is 4.92. The van der Waals surface area contributed by atoms with E-state index in [1.165, 1.54) is 12.3 Å². The van der Waals surface area contributed by atoms with Crippen LogP contribution in [0.2, 0.25) is 5.02 Å². The highest BCUT2D eigenvalue weighted by Crippen LogP contribution is 2.28. The maximum atomic E-state index is 15.0. The molecule has 2 amide bonds. The van der Waals surface area contributed by atoms with E-state index in [0.29, 0.717) is 42.5 Å². The third-order valence-electron chi connectivity index (χ3n) is 6.69. The first-order valence-corrected chi connectivity index (χ1v) is 13.5. The van der Waals surface area contributed by atoms with Gasteiger partial charge >= 0.3 is 6.09 Å². The molecule has 2 heterocycles. The number of rotatable bonds is 5. The van der Waals surface area contributed by atoms with Gasteiger partial charge in [0.15, 0.2) is 11.6 Å². The van der Waals surface area contributed by atoms with Gasteiger partial charge in [0.2, 0.25) is 0 Å². The first-order chi connectivity index (χ1) is 18.5. The molecule has 2 fully saturated rings. The normalized spacial score (nSPS) is 19.7. The lowest BCUT2D eigenvalue weighted by molar-refractivity contribution is 0.0240. The third-order valence-corrected chi connectivity index (χ3v) is 7.00. The van der Waals surface area contributed by atoms with E-state index in [0.717, 1.165) is 25.7 Å². The summed E-state index contributed by atoms with van der Waals surface area (Å²) in [4.78, 5) is 32.7. The SMILES string of the molecule is CC(C)(C)OC(=O)N1CCN(c2ncc(C(=O)NC3CCC(Oc4ccc(C#N)c(Cl)c4)CC3)cc2F)CC1. The first kappa shape index (κ1) is 28.4. The summed E-state index contributed by atoms with van der Waals surface area (Å²) >= 11 is 6.08. The molecule has 0 unspecified atom stereocenters. The van der Waals surface area contributed by atoms with Gasteiger partial charge in [-0.2, -0.15) is 5.26 Å². The zero-order valence-corrected chi connectivity index (χ0v) is 23.1. The second-order valence-corrected chi connectivity index (χ2v) is 11.2. The number of nitrogens with one attached hydrogen (secondary N) is 1. The molecule has 1 aliphatic carbocycles. The number of piperazine rings is 1. The van der Waals surface area contributed by atoms with Crippen LogP contribution < -0.4 is 15.0 Å². The summed E-state index contributed by atoms with van der Waals surface area (Å²) in [6, 6.07) is 8.18. The summed E-state index contributed by atoms with van der Waals surface area (Å²) in [5.74, 6) is -0.173. The molecule has 1 aliphatic heterocycles. The maximum absolute atomic E-state index is 15.0. The molecule has 1 N–H and O–H groups in total. The summed E-state index contributed by atoms with van der Waals surface area (Å²) < 4.78 is 26.4. The highest BCUT2D eigenvalue weighted by Gasteiger charge is 2.28. The number of carbonyl (C=O) groups is 2. The van der Waals surface area contributed by atoms with Crippen molar-refractivity contribution in [3.63, 3.8) is 0 Å². The van der Waals surface area contributed by atoms with E-state index in [1.807, 2.05) is 26.8 Å². The molecule has 208 valence electrons. The second-order valence-electron chi connectivity index (χ2n) is 10.8. The van der Waals surface area contributed by atoms with E-state index in [4.69, 9.17) is 26.3 Å². The van der Waals surface area contributed by atoms with Crippen molar-refractivity contribution in [1.29, 1.82) is 5.26 Å². The second kappa shape index (κ2) is 12.1. The van der Waals surface area contributed by atoms with E-state index in [-0.39, 0.29) is 35.5 Å². The lowest BCUT2D eigenvalue weighted by Gasteiger charge is -2.36. The van der Waals surface area contributed by atoms with Gasteiger partial charge in [-0.3, -0.25) is 4.79 Å². The van der Waals surface area contributed by atoms with Crippen molar-refractivity contribution in [3.05, 3.63) is 52.4 Å². The zero-order valence-electron chi connectivity index (χ0n) is 22.4. The minimum absolute atomic E-state index is 0.0173. The minimum atomic E-state index is -0.577. The number of pyridine rings is 1. The van der Waals surface area contributed by atoms with Gasteiger partial charge in [-0.05, 0) is 64.7 Å². The molecule has 1 saturated heterocycles. The van der Waals surface area contributed by atoms with Crippen LogP contribution in [0, 0.1) is 17.1 Å². The molecular weight excluding hydrogens is 525 g/mol. The summed E-state index contributed by atoms with van der Waals surface area (Å²) in [5.41, 5.74) is -0.0174. The summed E-state index contributed by atoms with van der Waals surface area (Å²) in [6.07, 6.45) is 3.90. The molecule has 1 saturated carbocycles. The van der Waals surface area contributed by atoms with E-state index < -0.39 is 11.4 Å². The van der Waals surface area contributed by atoms with Crippen LogP contribution in [0.15, 0.2) is 30.5 Å². The molecule has 1 aromatic heterocycles. The number of nitriles is 1. The lowest BCUT2D eigenvalue weighted by atomic mass is 9.92. The Hall–Kier alpha value is -3.58. The number of halogens is 2. The highest BCUT2D eigenvalue weighted by atomic mass is 35.5. The zero-order chi connectivity index (χ0) is 28.2. The largest absolute Gasteiger partial charge is 0.490 e. The van der Waals surface area contributed by atoms with Crippen LogP contribution in [0.25, 0.3) is 0 Å². The topological polar surface area (TPSA) is 108 Å². The predicted molar refractivity (Wildman–Crippen MR) is 145 cm³/mol. The molecule has 0 spiro atoms. The number of carbonyl (C=O) groups excluding carboxylic acids is 2. The maximum Gasteiger partial charge on any atom is 0.410 e. The Balaban J connectivity index is 1.25. The third kappa shape index (κ3) is 7.51. The quantitative estimate of drug-likeness (QED) is 0.555. The van der Waals surface area contributed by atoms with Crippen LogP contribution in [0.1, 0.15) is 62.4 Å². The molecular formula is C28H33ClFN5O4. The molecule has 2 aromatic rings. The van der Waals surface area contributed by atoms with Crippen LogP contribution in [0.4, 0.5) is 15.0 Å². The lowest BCUT2D eigenvalue weighted by Crippen LogP contribution is -2.50. The number of hydrogen-bond donors (Lipinski definition) is 1. The molecule has 0 bridgehead atoms. The van der Waals surface area contributed by atoms with Crippen LogP contribution in [0.5, 0.6) is 5.75 Å². The Morgan fingerprint density at radius 3 is 2.41 bits per heavy atom. The number of nitrogens with zero attached hydrogens (tertiary/aromatic N) is 4. The fraction of sp³-hybridized carbons (Fsp3) is 0.500. The molecule has 0 radical (unpaired) electrons. The number of ether oxygens (including phenoxy) is 2. The van der Waals surface area contributed by atoms with E-state index in [9.17, 15) is 14.0 Å². The smallest absolute Gasteiger partial charge is 0.410 e. The van der Waals surface area contributed by atoms with Gasteiger partial charge in [0.1, 0.15) is 17.4 Å². The Morgan fingerprint density at radius 1 is 1.13 bits per heavy atom. The highest BCUT2D eigenvalue weighted by molar-refractivity contribution is 6.31. The van der Waals surface area contributed by atoms with Crippen LogP contribution in [0.3, 0.4) is 0 Å². The Morgan fingerprint density at radius 2 is 1.82 bits per heavy atom. The fourth-order valence-electron chi connectivity index (χ4n) is 4.66. The Bertz CT molecular complexity index is 1250. The number of anilines is 1. The van der Waals surface area contributed by atoms with E-state index in [2.05, 4.69) is 10.3 Å². The average molecular weight is 558 g/mol. The van der Waals surface area contributed by atoms with Gasteiger partial charge in [0, 0.05) is 44.5 Å². The standard InChI is InChI=1S/C28H33ClFN5O4/c1-28(2,3)39-27(37)35-12-10-34(11-13-35)25-24(30)14-19(17-32-25)26(36)33-20-5-8-21(9-6-20)38-22-7-4-18(16-31)23(29)15-22/h4,7,14-15,17,20-21H,5-6,8-13H2,1-3H3,(H,33,36). The van der Waals surface area contributed by atoms with Crippen LogP contribution in [-0.4, -0.2) is 65.8 Å². The van der Waals surface area contributed by atoms with Crippen molar-refractivity contribution in [3.8, 4) is 11.8 Å². The summed E-state index contributed by atoms with van der Waals surface area (Å²) in [5, 5.41) is 12.3. The molecule has 4 rings (SSSR count). The molecule has 1 aromatic carbocycles. The van der Waals surface area contributed by atoms with Crippen LogP contribution in [-0.2, 0) is 4.74 Å². The fourth-order valence-corrected chi connectivity index (χ4v) is 4.87. The van der Waals surface area contributed by atoms with Gasteiger partial charge in [-0.25, -0.2) is 14.2 Å². The van der Waals surface area contributed by atoms with Crippen molar-refractivity contribution in [2.75, 3.05) is 31.1 Å². The summed E-state index contributed by atoms with van der Waals surface area (Å²) in [6.45, 7) is 7.05. The monoisotopic (exact) mass is 557 g/mol. The summed E-state index contributed by atoms with van der Waals surface area (Å²) in [7, 11) is 0. The molecule has 39 heavy (non-hydrogen) atoms. The number of benzene rings is 1. The number of aromatic nitrogens is 1. The van der Waals surface area contributed by atoms with Crippen molar-refractivity contribution in [2.24, 2.45) is 0 Å². The molecule has 9 nitrogen and oxygen atoms in total. The van der Waals surface area contributed by atoms with Crippen molar-refractivity contribution < 1.29 is 23.5 Å². The molecule has 0 atom stereocenters. The number of hydrogen-bond acceptors (Lipinski definition) is 7. The minimum Gasteiger partial charge on any atom is -0.490 e. The van der Waals surface area contributed by atoms with Gasteiger partial charge in [0.25, 0.3) is 5.91 Å². The van der Waals surface area contributed by atoms with E-state index >= 15 is 0 Å². The van der Waals surface area contributed by atoms with Crippen molar-refractivity contribution in [1.82, 2.24) is 15.2 Å². The Kier molecular flexibility index (Phi) is 8.80. The van der Waals surface area contributed by atoms with Crippen molar-refractivity contribution in [2.45, 2.75) is 64.2 Å². The number of amides is 2. The van der Waals surface area contributed by atoms with Gasteiger partial charge in [-0.1, -0.05) is 11.6 Å². The average Bonchev–Trinajstić information content (AvgIpc) is 2.89. The van der Waals surface area contributed by atoms with E-state index in [1.54, 1.807) is 28.0 Å². The van der Waals surface area contributed by atoms with Crippen LogP contribution >= 0.6 is 11.6 Å². The van der Waals surface area contributed by atoms with Gasteiger partial charge in [-0.15, -0.1) is 0 Å².